The number of amides is 1. The van der Waals surface area contributed by atoms with Crippen LogP contribution in [0.15, 0.2) is 9.59 Å². The van der Waals surface area contributed by atoms with E-state index in [1.54, 1.807) is 12.3 Å². The van der Waals surface area contributed by atoms with Crippen LogP contribution in [0.5, 0.6) is 0 Å². The van der Waals surface area contributed by atoms with Crippen LogP contribution in [0.4, 0.5) is 0 Å². The molecule has 20 heavy (non-hydrogen) atoms. The highest BCUT2D eigenvalue weighted by atomic mass is 35.7. The molecule has 0 aromatic carbocycles. The van der Waals surface area contributed by atoms with Crippen molar-refractivity contribution in [1.82, 2.24) is 4.90 Å². The maximum absolute atomic E-state index is 12.6. The van der Waals surface area contributed by atoms with Crippen LogP contribution in [-0.2, 0) is 9.05 Å². The van der Waals surface area contributed by atoms with E-state index in [0.717, 1.165) is 43.6 Å². The third-order valence-electron chi connectivity index (χ3n) is 3.45. The van der Waals surface area contributed by atoms with Crippen molar-refractivity contribution in [3.63, 3.8) is 0 Å². The predicted octanol–water partition coefficient (Wildman–Crippen LogP) is 3.39. The minimum absolute atomic E-state index is 0.0683. The molecule has 0 N–H and O–H groups in total. The summed E-state index contributed by atoms with van der Waals surface area (Å²) in [4.78, 5) is 14.5. The lowest BCUT2D eigenvalue weighted by atomic mass is 10.2. The fourth-order valence-corrected chi connectivity index (χ4v) is 4.71. The van der Waals surface area contributed by atoms with Crippen molar-refractivity contribution in [2.24, 2.45) is 0 Å². The van der Waals surface area contributed by atoms with Crippen molar-refractivity contribution in [3.05, 3.63) is 16.5 Å². The Morgan fingerprint density at radius 1 is 1.50 bits per heavy atom. The van der Waals surface area contributed by atoms with E-state index < -0.39 is 9.05 Å². The largest absolute Gasteiger partial charge is 0.336 e. The van der Waals surface area contributed by atoms with E-state index in [9.17, 15) is 13.2 Å². The molecule has 0 saturated heterocycles. The SMILES string of the molecule is CCCCN(C(=O)c1csc(S(=O)(=O)Cl)c1C)C1CC1. The van der Waals surface area contributed by atoms with Gasteiger partial charge in [0.1, 0.15) is 4.21 Å². The standard InChI is InChI=1S/C13H18ClNO3S2/c1-3-4-7-15(10-5-6-10)12(16)11-8-19-13(9(11)2)20(14,17)18/h8,10H,3-7H2,1-2H3. The fraction of sp³-hybridized carbons (Fsp3) is 0.615. The molecular weight excluding hydrogens is 318 g/mol. The van der Waals surface area contributed by atoms with Gasteiger partial charge < -0.3 is 4.90 Å². The third kappa shape index (κ3) is 3.35. The minimum atomic E-state index is -3.77. The van der Waals surface area contributed by atoms with Gasteiger partial charge in [-0.15, -0.1) is 11.3 Å². The van der Waals surface area contributed by atoms with Crippen molar-refractivity contribution in [3.8, 4) is 0 Å². The van der Waals surface area contributed by atoms with Crippen LogP contribution in [-0.4, -0.2) is 31.8 Å². The molecule has 112 valence electrons. The summed E-state index contributed by atoms with van der Waals surface area (Å²) in [6.45, 7) is 4.46. The van der Waals surface area contributed by atoms with Gasteiger partial charge in [-0.25, -0.2) is 8.42 Å². The Labute approximate surface area is 128 Å². The van der Waals surface area contributed by atoms with Crippen LogP contribution >= 0.6 is 22.0 Å². The number of carbonyl (C=O) groups excluding carboxylic acids is 1. The Bertz CT molecular complexity index is 605. The summed E-state index contributed by atoms with van der Waals surface area (Å²) in [5, 5.41) is 1.61. The summed E-state index contributed by atoms with van der Waals surface area (Å²) in [5.41, 5.74) is 0.939. The van der Waals surface area contributed by atoms with Gasteiger partial charge in [-0.05, 0) is 31.7 Å². The van der Waals surface area contributed by atoms with Gasteiger partial charge in [-0.1, -0.05) is 13.3 Å². The summed E-state index contributed by atoms with van der Waals surface area (Å²) in [7, 11) is 1.60. The molecule has 0 atom stereocenters. The van der Waals surface area contributed by atoms with Gasteiger partial charge in [0.25, 0.3) is 15.0 Å². The Morgan fingerprint density at radius 3 is 2.60 bits per heavy atom. The van der Waals surface area contributed by atoms with Crippen LogP contribution in [0.25, 0.3) is 0 Å². The van der Waals surface area contributed by atoms with Crippen LogP contribution in [0.3, 0.4) is 0 Å². The number of hydrogen-bond donors (Lipinski definition) is 0. The Morgan fingerprint density at radius 2 is 2.15 bits per heavy atom. The maximum atomic E-state index is 12.6. The number of carbonyl (C=O) groups is 1. The van der Waals surface area contributed by atoms with Gasteiger partial charge >= 0.3 is 0 Å². The molecule has 0 aliphatic heterocycles. The highest BCUT2D eigenvalue weighted by Gasteiger charge is 2.34. The van der Waals surface area contributed by atoms with Crippen molar-refractivity contribution in [2.45, 2.75) is 49.8 Å². The van der Waals surface area contributed by atoms with Gasteiger partial charge in [-0.3, -0.25) is 4.79 Å². The monoisotopic (exact) mass is 335 g/mol. The fourth-order valence-electron chi connectivity index (χ4n) is 2.17. The molecule has 0 radical (unpaired) electrons. The highest BCUT2D eigenvalue weighted by Crippen LogP contribution is 2.33. The Kier molecular flexibility index (Phi) is 4.76. The molecule has 1 aliphatic rings. The van der Waals surface area contributed by atoms with Gasteiger partial charge in [-0.2, -0.15) is 0 Å². The van der Waals surface area contributed by atoms with E-state index in [0.29, 0.717) is 17.2 Å². The van der Waals surface area contributed by atoms with Crippen molar-refractivity contribution in [2.75, 3.05) is 6.54 Å². The second kappa shape index (κ2) is 6.03. The number of thiophene rings is 1. The summed E-state index contributed by atoms with van der Waals surface area (Å²) in [6.07, 6.45) is 4.07. The number of rotatable bonds is 6. The molecule has 1 amide bonds. The average Bonchev–Trinajstić information content (AvgIpc) is 3.10. The lowest BCUT2D eigenvalue weighted by Crippen LogP contribution is -2.34. The molecule has 4 nitrogen and oxygen atoms in total. The summed E-state index contributed by atoms with van der Waals surface area (Å²) >= 11 is 1.02. The van der Waals surface area contributed by atoms with Gasteiger partial charge in [0.15, 0.2) is 0 Å². The molecule has 0 bridgehead atoms. The summed E-state index contributed by atoms with van der Waals surface area (Å²) in [5.74, 6) is -0.0683. The quantitative estimate of drug-likeness (QED) is 0.749. The van der Waals surface area contributed by atoms with E-state index in [4.69, 9.17) is 10.7 Å². The second-order valence-electron chi connectivity index (χ2n) is 5.08. The molecule has 1 saturated carbocycles. The second-order valence-corrected chi connectivity index (χ2v) is 8.72. The van der Waals surface area contributed by atoms with Gasteiger partial charge in [0, 0.05) is 28.6 Å². The Balaban J connectivity index is 2.26. The van der Waals surface area contributed by atoms with Gasteiger partial charge in [0.2, 0.25) is 0 Å². The van der Waals surface area contributed by atoms with Crippen LogP contribution in [0.2, 0.25) is 0 Å². The smallest absolute Gasteiger partial charge is 0.271 e. The zero-order valence-corrected chi connectivity index (χ0v) is 13.9. The van der Waals surface area contributed by atoms with Crippen LogP contribution < -0.4 is 0 Å². The zero-order chi connectivity index (χ0) is 14.9. The maximum Gasteiger partial charge on any atom is 0.271 e. The number of hydrogen-bond acceptors (Lipinski definition) is 4. The van der Waals surface area contributed by atoms with Crippen LogP contribution in [0, 0.1) is 6.92 Å². The molecule has 0 unspecified atom stereocenters. The molecule has 1 heterocycles. The third-order valence-corrected chi connectivity index (χ3v) is 6.75. The zero-order valence-electron chi connectivity index (χ0n) is 11.6. The van der Waals surface area contributed by atoms with Crippen LogP contribution in [0.1, 0.15) is 48.5 Å². The van der Waals surface area contributed by atoms with Gasteiger partial charge in [0.05, 0.1) is 5.56 Å². The summed E-state index contributed by atoms with van der Waals surface area (Å²) < 4.78 is 22.9. The Hall–Kier alpha value is -0.590. The van der Waals surface area contributed by atoms with E-state index in [2.05, 4.69) is 6.92 Å². The molecule has 1 fully saturated rings. The first-order valence-electron chi connectivity index (χ1n) is 6.70. The number of halogens is 1. The lowest BCUT2D eigenvalue weighted by Gasteiger charge is -2.22. The molecule has 2 rings (SSSR count). The number of unbranched alkanes of at least 4 members (excludes halogenated alkanes) is 1. The van der Waals surface area contributed by atoms with Crippen molar-refractivity contribution in [1.29, 1.82) is 0 Å². The van der Waals surface area contributed by atoms with Crippen molar-refractivity contribution < 1.29 is 13.2 Å². The first-order valence-corrected chi connectivity index (χ1v) is 9.89. The minimum Gasteiger partial charge on any atom is -0.336 e. The van der Waals surface area contributed by atoms with E-state index in [1.165, 1.54) is 0 Å². The normalized spacial score (nSPS) is 15.3. The van der Waals surface area contributed by atoms with E-state index >= 15 is 0 Å². The molecule has 7 heteroatoms. The number of nitrogens with zero attached hydrogens (tertiary/aromatic N) is 1. The first-order chi connectivity index (χ1) is 9.36. The van der Waals surface area contributed by atoms with E-state index in [-0.39, 0.29) is 10.1 Å². The molecule has 1 aromatic heterocycles. The first kappa shape index (κ1) is 15.8. The molecule has 0 spiro atoms. The molecule has 1 aromatic rings. The molecule has 1 aliphatic carbocycles. The van der Waals surface area contributed by atoms with E-state index in [1.807, 2.05) is 4.90 Å². The van der Waals surface area contributed by atoms with Crippen molar-refractivity contribution >= 4 is 37.0 Å². The highest BCUT2D eigenvalue weighted by molar-refractivity contribution is 8.15. The molecular formula is C13H18ClNO3S2. The predicted molar refractivity (Wildman–Crippen MR) is 81.1 cm³/mol. The summed E-state index contributed by atoms with van der Waals surface area (Å²) in [6, 6.07) is 0.324. The lowest BCUT2D eigenvalue weighted by molar-refractivity contribution is 0.0740. The topological polar surface area (TPSA) is 54.5 Å². The average molecular weight is 336 g/mol.